The molecule has 5 nitrogen and oxygen atoms in total. The molecule has 5 heteroatoms. The van der Waals surface area contributed by atoms with E-state index in [-0.39, 0.29) is 5.56 Å². The molecule has 3 rings (SSSR count). The number of nitrogens with zero attached hydrogens (tertiary/aromatic N) is 3. The maximum Gasteiger partial charge on any atom is 0.258 e. The Labute approximate surface area is 110 Å². The van der Waals surface area contributed by atoms with Crippen molar-refractivity contribution in [3.8, 4) is 0 Å². The Morgan fingerprint density at radius 1 is 1.37 bits per heavy atom. The minimum absolute atomic E-state index is 0.0747. The smallest absolute Gasteiger partial charge is 0.258 e. The van der Waals surface area contributed by atoms with Crippen molar-refractivity contribution >= 4 is 10.9 Å². The minimum atomic E-state index is -0.0747. The number of benzene rings is 1. The van der Waals surface area contributed by atoms with Crippen LogP contribution in [0.25, 0.3) is 10.9 Å². The number of aromatic amines is 1. The lowest BCUT2D eigenvalue weighted by Gasteiger charge is -2.05. The van der Waals surface area contributed by atoms with E-state index in [1.807, 2.05) is 35.9 Å². The maximum absolute atomic E-state index is 12.0. The van der Waals surface area contributed by atoms with Crippen LogP contribution < -0.4 is 5.56 Å². The molecule has 3 aromatic rings. The van der Waals surface area contributed by atoms with Crippen LogP contribution in [-0.4, -0.2) is 19.5 Å². The monoisotopic (exact) mass is 254 g/mol. The second-order valence-corrected chi connectivity index (χ2v) is 4.45. The van der Waals surface area contributed by atoms with Gasteiger partial charge in [-0.25, -0.2) is 9.97 Å². The third-order valence-corrected chi connectivity index (χ3v) is 3.08. The molecule has 0 unspecified atom stereocenters. The molecule has 1 N–H and O–H groups in total. The highest BCUT2D eigenvalue weighted by Gasteiger charge is 2.04. The van der Waals surface area contributed by atoms with Crippen LogP contribution in [0.3, 0.4) is 0 Å². The molecule has 0 amide bonds. The van der Waals surface area contributed by atoms with Crippen LogP contribution in [-0.2, 0) is 13.0 Å². The molecule has 0 fully saturated rings. The van der Waals surface area contributed by atoms with E-state index in [9.17, 15) is 4.79 Å². The molecule has 1 aromatic carbocycles. The maximum atomic E-state index is 12.0. The average Bonchev–Trinajstić information content (AvgIpc) is 2.92. The van der Waals surface area contributed by atoms with Gasteiger partial charge in [0.25, 0.3) is 5.56 Å². The molecular weight excluding hydrogens is 240 g/mol. The highest BCUT2D eigenvalue weighted by atomic mass is 16.1. The van der Waals surface area contributed by atoms with Gasteiger partial charge in [0.1, 0.15) is 5.82 Å². The van der Waals surface area contributed by atoms with E-state index >= 15 is 0 Å². The predicted octanol–water partition coefficient (Wildman–Crippen LogP) is 1.73. The van der Waals surface area contributed by atoms with Gasteiger partial charge in [-0.1, -0.05) is 13.0 Å². The number of imidazole rings is 1. The van der Waals surface area contributed by atoms with Crippen LogP contribution in [0, 0.1) is 0 Å². The summed E-state index contributed by atoms with van der Waals surface area (Å²) in [5, 5.41) is 0.634. The fourth-order valence-corrected chi connectivity index (χ4v) is 2.09. The van der Waals surface area contributed by atoms with Crippen LogP contribution in [0.4, 0.5) is 0 Å². The van der Waals surface area contributed by atoms with Crippen LogP contribution >= 0.6 is 0 Å². The highest BCUT2D eigenvalue weighted by molar-refractivity contribution is 5.78. The molecule has 0 atom stereocenters. The van der Waals surface area contributed by atoms with Crippen molar-refractivity contribution in [2.24, 2.45) is 0 Å². The topological polar surface area (TPSA) is 63.6 Å². The summed E-state index contributed by atoms with van der Waals surface area (Å²) in [7, 11) is 0. The van der Waals surface area contributed by atoms with E-state index in [0.717, 1.165) is 23.3 Å². The van der Waals surface area contributed by atoms with Crippen LogP contribution in [0.1, 0.15) is 18.3 Å². The molecule has 0 aliphatic rings. The van der Waals surface area contributed by atoms with Gasteiger partial charge in [0.15, 0.2) is 0 Å². The normalized spacial score (nSPS) is 11.0. The summed E-state index contributed by atoms with van der Waals surface area (Å²) < 4.78 is 1.96. The fourth-order valence-electron chi connectivity index (χ4n) is 2.09. The number of aromatic nitrogens is 4. The summed E-state index contributed by atoms with van der Waals surface area (Å²) >= 11 is 0. The SMILES string of the molecule is CCc1nc2ccc(Cn3ccnc3)cc2c(=O)[nH]1. The molecule has 0 saturated heterocycles. The summed E-state index contributed by atoms with van der Waals surface area (Å²) in [5.41, 5.74) is 1.73. The summed E-state index contributed by atoms with van der Waals surface area (Å²) in [6, 6.07) is 5.78. The molecule has 2 aromatic heterocycles. The predicted molar refractivity (Wildman–Crippen MR) is 73.1 cm³/mol. The highest BCUT2D eigenvalue weighted by Crippen LogP contribution is 2.11. The van der Waals surface area contributed by atoms with Gasteiger partial charge in [0.2, 0.25) is 0 Å². The number of fused-ring (bicyclic) bond motifs is 1. The van der Waals surface area contributed by atoms with Gasteiger partial charge in [-0.2, -0.15) is 0 Å². The molecule has 0 radical (unpaired) electrons. The second-order valence-electron chi connectivity index (χ2n) is 4.45. The Morgan fingerprint density at radius 2 is 2.26 bits per heavy atom. The van der Waals surface area contributed by atoms with Crippen molar-refractivity contribution < 1.29 is 0 Å². The van der Waals surface area contributed by atoms with E-state index in [1.54, 1.807) is 12.5 Å². The Kier molecular flexibility index (Phi) is 2.87. The number of hydrogen-bond acceptors (Lipinski definition) is 3. The Bertz CT molecular complexity index is 759. The molecule has 0 saturated carbocycles. The van der Waals surface area contributed by atoms with Gasteiger partial charge in [-0.15, -0.1) is 0 Å². The van der Waals surface area contributed by atoms with E-state index < -0.39 is 0 Å². The third kappa shape index (κ3) is 2.27. The summed E-state index contributed by atoms with van der Waals surface area (Å²) in [6.07, 6.45) is 6.12. The Hall–Kier alpha value is -2.43. The van der Waals surface area contributed by atoms with E-state index in [0.29, 0.717) is 11.9 Å². The van der Waals surface area contributed by atoms with E-state index in [2.05, 4.69) is 15.0 Å². The van der Waals surface area contributed by atoms with Crippen molar-refractivity contribution in [2.75, 3.05) is 0 Å². The van der Waals surface area contributed by atoms with Gasteiger partial charge in [-0.3, -0.25) is 4.79 Å². The number of hydrogen-bond donors (Lipinski definition) is 1. The molecule has 0 aliphatic heterocycles. The summed E-state index contributed by atoms with van der Waals surface area (Å²) in [4.78, 5) is 23.2. The van der Waals surface area contributed by atoms with Crippen LogP contribution in [0.5, 0.6) is 0 Å². The first-order valence-corrected chi connectivity index (χ1v) is 6.24. The van der Waals surface area contributed by atoms with Gasteiger partial charge < -0.3 is 9.55 Å². The Balaban J connectivity index is 2.06. The molecule has 96 valence electrons. The van der Waals surface area contributed by atoms with Gasteiger partial charge >= 0.3 is 0 Å². The molecule has 0 bridgehead atoms. The first-order valence-electron chi connectivity index (χ1n) is 6.24. The van der Waals surface area contributed by atoms with E-state index in [1.165, 1.54) is 0 Å². The first kappa shape index (κ1) is 11.6. The number of rotatable bonds is 3. The van der Waals surface area contributed by atoms with Gasteiger partial charge in [0, 0.05) is 25.4 Å². The zero-order valence-corrected chi connectivity index (χ0v) is 10.6. The standard InChI is InChI=1S/C14H14N4O/c1-2-13-16-12-4-3-10(7-11(12)14(19)17-13)8-18-6-5-15-9-18/h3-7,9H,2,8H2,1H3,(H,16,17,19). The van der Waals surface area contributed by atoms with Crippen molar-refractivity contribution in [3.63, 3.8) is 0 Å². The van der Waals surface area contributed by atoms with Crippen molar-refractivity contribution in [3.05, 3.63) is 58.7 Å². The fraction of sp³-hybridized carbons (Fsp3) is 0.214. The molecule has 19 heavy (non-hydrogen) atoms. The number of nitrogens with one attached hydrogen (secondary N) is 1. The van der Waals surface area contributed by atoms with Crippen LogP contribution in [0.2, 0.25) is 0 Å². The largest absolute Gasteiger partial charge is 0.333 e. The van der Waals surface area contributed by atoms with Gasteiger partial charge in [0.05, 0.1) is 17.2 Å². The number of aryl methyl sites for hydroxylation is 1. The summed E-state index contributed by atoms with van der Waals surface area (Å²) in [6.45, 7) is 2.67. The molecule has 2 heterocycles. The zero-order chi connectivity index (χ0) is 13.2. The van der Waals surface area contributed by atoms with Gasteiger partial charge in [-0.05, 0) is 17.7 Å². The zero-order valence-electron chi connectivity index (χ0n) is 10.6. The lowest BCUT2D eigenvalue weighted by molar-refractivity contribution is 0.798. The lowest BCUT2D eigenvalue weighted by atomic mass is 10.1. The summed E-state index contributed by atoms with van der Waals surface area (Å²) in [5.74, 6) is 0.722. The molecule has 0 spiro atoms. The molecular formula is C14H14N4O. The quantitative estimate of drug-likeness (QED) is 0.774. The third-order valence-electron chi connectivity index (χ3n) is 3.08. The van der Waals surface area contributed by atoms with Crippen LogP contribution in [0.15, 0.2) is 41.7 Å². The lowest BCUT2D eigenvalue weighted by Crippen LogP contribution is -2.11. The molecule has 0 aliphatic carbocycles. The van der Waals surface area contributed by atoms with Crippen molar-refractivity contribution in [1.29, 1.82) is 0 Å². The first-order chi connectivity index (χ1) is 9.26. The second kappa shape index (κ2) is 4.68. The average molecular weight is 254 g/mol. The van der Waals surface area contributed by atoms with E-state index in [4.69, 9.17) is 0 Å². The Morgan fingerprint density at radius 3 is 3.00 bits per heavy atom. The van der Waals surface area contributed by atoms with Crippen molar-refractivity contribution in [1.82, 2.24) is 19.5 Å². The number of H-pyrrole nitrogens is 1. The minimum Gasteiger partial charge on any atom is -0.333 e. The van der Waals surface area contributed by atoms with Crippen molar-refractivity contribution in [2.45, 2.75) is 19.9 Å².